The largest absolute Gasteiger partial charge is 0.465 e. The Morgan fingerprint density at radius 2 is 2.11 bits per heavy atom. The second-order valence-electron chi connectivity index (χ2n) is 4.06. The van der Waals surface area contributed by atoms with E-state index in [1.807, 2.05) is 0 Å². The van der Waals surface area contributed by atoms with Gasteiger partial charge in [-0.05, 0) is 24.3 Å². The lowest BCUT2D eigenvalue weighted by molar-refractivity contribution is -0.137. The molecule has 0 saturated carbocycles. The van der Waals surface area contributed by atoms with Gasteiger partial charge in [-0.1, -0.05) is 11.8 Å². The van der Waals surface area contributed by atoms with Gasteiger partial charge in [-0.2, -0.15) is 0 Å². The van der Waals surface area contributed by atoms with Crippen molar-refractivity contribution < 1.29 is 18.3 Å². The number of esters is 1. The number of cyclic esters (lactones) is 1. The molecule has 0 N–H and O–H groups in total. The summed E-state index contributed by atoms with van der Waals surface area (Å²) >= 11 is 1.25. The molecule has 4 nitrogen and oxygen atoms in total. The van der Waals surface area contributed by atoms with E-state index >= 15 is 0 Å². The first kappa shape index (κ1) is 12.2. The highest BCUT2D eigenvalue weighted by molar-refractivity contribution is 8.00. The Morgan fingerprint density at radius 1 is 1.32 bits per heavy atom. The first-order chi connectivity index (χ1) is 9.22. The molecule has 1 aromatic carbocycles. The Morgan fingerprint density at radius 3 is 2.79 bits per heavy atom. The Kier molecular flexibility index (Phi) is 3.25. The van der Waals surface area contributed by atoms with Gasteiger partial charge in [0.25, 0.3) is 5.22 Å². The first-order valence-corrected chi connectivity index (χ1v) is 6.65. The SMILES string of the molecule is O=C1OCC[C@H]1Sc1ncc(-c2ccc(F)cc2)o1. The quantitative estimate of drug-likeness (QED) is 0.809. The second-order valence-corrected chi connectivity index (χ2v) is 5.21. The molecule has 0 spiro atoms. The molecule has 1 aliphatic heterocycles. The standard InChI is InChI=1S/C13H10FNO3S/c14-9-3-1-8(2-4-9)10-7-15-13(18-10)19-11-5-6-17-12(11)16/h1-4,7,11H,5-6H2/t11-/m1/s1. The molecule has 19 heavy (non-hydrogen) atoms. The summed E-state index contributed by atoms with van der Waals surface area (Å²) in [5, 5.41) is 0.169. The number of aromatic nitrogens is 1. The summed E-state index contributed by atoms with van der Waals surface area (Å²) in [5.74, 6) is 0.0203. The van der Waals surface area contributed by atoms with E-state index in [-0.39, 0.29) is 17.0 Å². The zero-order chi connectivity index (χ0) is 13.2. The van der Waals surface area contributed by atoms with Gasteiger partial charge in [0.15, 0.2) is 5.76 Å². The Balaban J connectivity index is 1.75. The maximum atomic E-state index is 12.8. The predicted octanol–water partition coefficient (Wildman–Crippen LogP) is 2.89. The van der Waals surface area contributed by atoms with Crippen molar-refractivity contribution >= 4 is 17.7 Å². The number of oxazole rings is 1. The molecule has 0 radical (unpaired) electrons. The molecule has 0 aliphatic carbocycles. The lowest BCUT2D eigenvalue weighted by Gasteiger charge is -2.00. The van der Waals surface area contributed by atoms with E-state index < -0.39 is 0 Å². The fourth-order valence-corrected chi connectivity index (χ4v) is 2.64. The van der Waals surface area contributed by atoms with Crippen molar-refractivity contribution in [3.63, 3.8) is 0 Å². The molecule has 0 unspecified atom stereocenters. The van der Waals surface area contributed by atoms with Gasteiger partial charge in [-0.15, -0.1) is 0 Å². The van der Waals surface area contributed by atoms with Crippen LogP contribution in [0.2, 0.25) is 0 Å². The van der Waals surface area contributed by atoms with Crippen LogP contribution in [0.15, 0.2) is 40.1 Å². The van der Waals surface area contributed by atoms with E-state index in [4.69, 9.17) is 9.15 Å². The fourth-order valence-electron chi connectivity index (χ4n) is 1.77. The molecule has 1 atom stereocenters. The summed E-state index contributed by atoms with van der Waals surface area (Å²) in [4.78, 5) is 15.4. The van der Waals surface area contributed by atoms with E-state index in [1.54, 1.807) is 18.3 Å². The molecule has 1 aliphatic rings. The Labute approximate surface area is 113 Å². The number of ether oxygens (including phenoxy) is 1. The van der Waals surface area contributed by atoms with Crippen molar-refractivity contribution in [2.75, 3.05) is 6.61 Å². The zero-order valence-electron chi connectivity index (χ0n) is 9.84. The van der Waals surface area contributed by atoms with E-state index in [1.165, 1.54) is 23.9 Å². The van der Waals surface area contributed by atoms with Crippen LogP contribution in [-0.4, -0.2) is 22.8 Å². The fraction of sp³-hybridized carbons (Fsp3) is 0.231. The number of carbonyl (C=O) groups is 1. The van der Waals surface area contributed by atoms with Gasteiger partial charge >= 0.3 is 5.97 Å². The van der Waals surface area contributed by atoms with E-state index in [0.717, 1.165) is 5.56 Å². The summed E-state index contributed by atoms with van der Waals surface area (Å²) in [5.41, 5.74) is 0.745. The highest BCUT2D eigenvalue weighted by atomic mass is 32.2. The summed E-state index contributed by atoms with van der Waals surface area (Å²) in [6, 6.07) is 5.96. The highest BCUT2D eigenvalue weighted by Gasteiger charge is 2.29. The van der Waals surface area contributed by atoms with Crippen LogP contribution in [0.1, 0.15) is 6.42 Å². The molecular formula is C13H10FNO3S. The summed E-state index contributed by atoms with van der Waals surface area (Å²) in [7, 11) is 0. The van der Waals surface area contributed by atoms with Crippen LogP contribution in [-0.2, 0) is 9.53 Å². The molecule has 3 rings (SSSR count). The van der Waals surface area contributed by atoms with E-state index in [0.29, 0.717) is 24.0 Å². The van der Waals surface area contributed by atoms with Crippen molar-refractivity contribution in [2.45, 2.75) is 16.9 Å². The summed E-state index contributed by atoms with van der Waals surface area (Å²) < 4.78 is 23.2. The topological polar surface area (TPSA) is 52.3 Å². The number of benzene rings is 1. The van der Waals surface area contributed by atoms with Gasteiger partial charge in [0.1, 0.15) is 11.1 Å². The molecule has 1 saturated heterocycles. The number of rotatable bonds is 3. The predicted molar refractivity (Wildman–Crippen MR) is 67.1 cm³/mol. The molecule has 2 heterocycles. The van der Waals surface area contributed by atoms with E-state index in [9.17, 15) is 9.18 Å². The zero-order valence-corrected chi connectivity index (χ0v) is 10.7. The Bertz CT molecular complexity index is 596. The van der Waals surface area contributed by atoms with Crippen LogP contribution in [0.4, 0.5) is 4.39 Å². The third kappa shape index (κ3) is 2.63. The van der Waals surface area contributed by atoms with Crippen LogP contribution >= 0.6 is 11.8 Å². The normalized spacial score (nSPS) is 18.6. The maximum Gasteiger partial charge on any atom is 0.319 e. The van der Waals surface area contributed by atoms with Crippen molar-refractivity contribution in [1.82, 2.24) is 4.98 Å². The average molecular weight is 279 g/mol. The van der Waals surface area contributed by atoms with Gasteiger partial charge in [-0.3, -0.25) is 4.79 Å². The van der Waals surface area contributed by atoms with Crippen molar-refractivity contribution in [3.8, 4) is 11.3 Å². The summed E-state index contributed by atoms with van der Waals surface area (Å²) in [6.07, 6.45) is 2.23. The van der Waals surface area contributed by atoms with Crippen LogP contribution in [0.5, 0.6) is 0 Å². The van der Waals surface area contributed by atoms with Gasteiger partial charge in [-0.25, -0.2) is 9.37 Å². The highest BCUT2D eigenvalue weighted by Crippen LogP contribution is 2.31. The number of nitrogens with zero attached hydrogens (tertiary/aromatic N) is 1. The third-order valence-corrected chi connectivity index (χ3v) is 3.85. The van der Waals surface area contributed by atoms with Crippen LogP contribution in [0.25, 0.3) is 11.3 Å². The van der Waals surface area contributed by atoms with E-state index in [2.05, 4.69) is 4.98 Å². The van der Waals surface area contributed by atoms with Crippen LogP contribution in [0, 0.1) is 5.82 Å². The average Bonchev–Trinajstić information content (AvgIpc) is 3.01. The Hall–Kier alpha value is -1.82. The van der Waals surface area contributed by atoms with Gasteiger partial charge in [0.05, 0.1) is 12.8 Å². The number of halogens is 1. The monoisotopic (exact) mass is 279 g/mol. The molecular weight excluding hydrogens is 269 g/mol. The van der Waals surface area contributed by atoms with Gasteiger partial charge < -0.3 is 9.15 Å². The minimum atomic E-state index is -0.299. The summed E-state index contributed by atoms with van der Waals surface area (Å²) in [6.45, 7) is 0.446. The minimum absolute atomic E-state index is 0.230. The molecule has 2 aromatic rings. The number of thioether (sulfide) groups is 1. The molecule has 98 valence electrons. The smallest absolute Gasteiger partial charge is 0.319 e. The minimum Gasteiger partial charge on any atom is -0.465 e. The third-order valence-electron chi connectivity index (χ3n) is 2.74. The lowest BCUT2D eigenvalue weighted by Crippen LogP contribution is -2.09. The van der Waals surface area contributed by atoms with Gasteiger partial charge in [0, 0.05) is 12.0 Å². The number of carbonyl (C=O) groups excluding carboxylic acids is 1. The maximum absolute atomic E-state index is 12.8. The molecule has 1 aromatic heterocycles. The lowest BCUT2D eigenvalue weighted by atomic mass is 10.2. The molecule has 6 heteroatoms. The van der Waals surface area contributed by atoms with Crippen LogP contribution < -0.4 is 0 Å². The second kappa shape index (κ2) is 5.05. The van der Waals surface area contributed by atoms with Crippen LogP contribution in [0.3, 0.4) is 0 Å². The molecule has 0 bridgehead atoms. The van der Waals surface area contributed by atoms with Crippen molar-refractivity contribution in [3.05, 3.63) is 36.3 Å². The number of hydrogen-bond donors (Lipinski definition) is 0. The number of hydrogen-bond acceptors (Lipinski definition) is 5. The molecule has 0 amide bonds. The van der Waals surface area contributed by atoms with Gasteiger partial charge in [0.2, 0.25) is 0 Å². The first-order valence-electron chi connectivity index (χ1n) is 5.77. The van der Waals surface area contributed by atoms with Crippen molar-refractivity contribution in [1.29, 1.82) is 0 Å². The molecule has 1 fully saturated rings. The van der Waals surface area contributed by atoms with Crippen molar-refractivity contribution in [2.24, 2.45) is 0 Å².